The van der Waals surface area contributed by atoms with Gasteiger partial charge in [-0.1, -0.05) is 6.08 Å². The average molecular weight is 386 g/mol. The molecule has 0 spiro atoms. The molecule has 0 radical (unpaired) electrons. The topological polar surface area (TPSA) is 77.1 Å². The molecule has 0 atom stereocenters. The number of rotatable bonds is 6. The van der Waals surface area contributed by atoms with Crippen molar-refractivity contribution in [2.45, 2.75) is 25.4 Å². The number of benzene rings is 1. The van der Waals surface area contributed by atoms with Crippen LogP contribution in [0.5, 0.6) is 17.2 Å². The molecule has 150 valence electrons. The fraction of sp³-hybridized carbons (Fsp3) is 0.429. The smallest absolute Gasteiger partial charge is 0.253 e. The van der Waals surface area contributed by atoms with Crippen LogP contribution in [0.25, 0.3) is 6.08 Å². The standard InChI is InChI=1S/C21H26N2O5/c1-26-17-13-15(6-7-20(25)23-12-4-3-5-19(23)24)14-18(27-2)21(17)28-16-8-10-22-11-9-16/h3,5-7,13-14,16,22H,4,8-12H2,1-2H3/b7-6+. The molecule has 7 heteroatoms. The Morgan fingerprint density at radius 1 is 1.18 bits per heavy atom. The van der Waals surface area contributed by atoms with Crippen LogP contribution in [0.4, 0.5) is 0 Å². The monoisotopic (exact) mass is 386 g/mol. The molecule has 1 saturated heterocycles. The SMILES string of the molecule is COc1cc(/C=C/C(=O)N2CCC=CC2=O)cc(OC)c1OC1CCNCC1. The summed E-state index contributed by atoms with van der Waals surface area (Å²) >= 11 is 0. The van der Waals surface area contributed by atoms with E-state index in [-0.39, 0.29) is 17.9 Å². The first-order valence-electron chi connectivity index (χ1n) is 9.46. The Hall–Kier alpha value is -2.80. The van der Waals surface area contributed by atoms with E-state index in [1.54, 1.807) is 38.5 Å². The van der Waals surface area contributed by atoms with Gasteiger partial charge < -0.3 is 19.5 Å². The molecule has 0 bridgehead atoms. The molecular formula is C21H26N2O5. The first-order valence-corrected chi connectivity index (χ1v) is 9.46. The molecule has 2 aliphatic heterocycles. The van der Waals surface area contributed by atoms with E-state index < -0.39 is 0 Å². The minimum Gasteiger partial charge on any atom is -0.493 e. The van der Waals surface area contributed by atoms with Gasteiger partial charge in [0.05, 0.1) is 14.2 Å². The molecule has 28 heavy (non-hydrogen) atoms. The second-order valence-electron chi connectivity index (χ2n) is 6.67. The third kappa shape index (κ3) is 4.72. The highest BCUT2D eigenvalue weighted by Crippen LogP contribution is 2.40. The van der Waals surface area contributed by atoms with Gasteiger partial charge in [0, 0.05) is 12.6 Å². The second-order valence-corrected chi connectivity index (χ2v) is 6.67. The van der Waals surface area contributed by atoms with Gasteiger partial charge in [0.1, 0.15) is 6.10 Å². The Labute approximate surface area is 164 Å². The molecule has 1 aromatic rings. The number of nitrogens with one attached hydrogen (secondary N) is 1. The van der Waals surface area contributed by atoms with Crippen molar-refractivity contribution in [2.75, 3.05) is 33.9 Å². The lowest BCUT2D eigenvalue weighted by Crippen LogP contribution is -2.37. The van der Waals surface area contributed by atoms with Gasteiger partial charge in [-0.2, -0.15) is 0 Å². The summed E-state index contributed by atoms with van der Waals surface area (Å²) in [5.74, 6) is 1.02. The molecule has 0 saturated carbocycles. The summed E-state index contributed by atoms with van der Waals surface area (Å²) in [4.78, 5) is 25.3. The Bertz CT molecular complexity index is 756. The summed E-state index contributed by atoms with van der Waals surface area (Å²) in [6, 6.07) is 3.58. The summed E-state index contributed by atoms with van der Waals surface area (Å²) in [5.41, 5.74) is 0.722. The predicted molar refractivity (Wildman–Crippen MR) is 106 cm³/mol. The average Bonchev–Trinajstić information content (AvgIpc) is 2.73. The molecule has 0 unspecified atom stereocenters. The highest BCUT2D eigenvalue weighted by molar-refractivity contribution is 6.06. The zero-order valence-electron chi connectivity index (χ0n) is 16.3. The van der Waals surface area contributed by atoms with E-state index >= 15 is 0 Å². The number of ether oxygens (including phenoxy) is 3. The number of carbonyl (C=O) groups is 2. The predicted octanol–water partition coefficient (Wildman–Crippen LogP) is 2.16. The second kappa shape index (κ2) is 9.41. The number of amides is 2. The maximum atomic E-state index is 12.3. The summed E-state index contributed by atoms with van der Waals surface area (Å²) in [7, 11) is 3.14. The van der Waals surface area contributed by atoms with Gasteiger partial charge in [-0.3, -0.25) is 14.5 Å². The van der Waals surface area contributed by atoms with Crippen molar-refractivity contribution in [3.05, 3.63) is 35.9 Å². The minimum absolute atomic E-state index is 0.102. The highest BCUT2D eigenvalue weighted by Gasteiger charge is 2.21. The van der Waals surface area contributed by atoms with Crippen molar-refractivity contribution < 1.29 is 23.8 Å². The zero-order valence-corrected chi connectivity index (χ0v) is 16.3. The third-order valence-corrected chi connectivity index (χ3v) is 4.78. The largest absolute Gasteiger partial charge is 0.493 e. The van der Waals surface area contributed by atoms with Gasteiger partial charge in [-0.15, -0.1) is 0 Å². The lowest BCUT2D eigenvalue weighted by atomic mass is 10.1. The van der Waals surface area contributed by atoms with Crippen molar-refractivity contribution in [2.24, 2.45) is 0 Å². The van der Waals surface area contributed by atoms with Crippen molar-refractivity contribution in [3.63, 3.8) is 0 Å². The fourth-order valence-electron chi connectivity index (χ4n) is 3.26. The molecule has 2 amide bonds. The molecule has 7 nitrogen and oxygen atoms in total. The van der Waals surface area contributed by atoms with E-state index in [1.807, 2.05) is 0 Å². The zero-order chi connectivity index (χ0) is 19.9. The molecule has 0 aliphatic carbocycles. The van der Waals surface area contributed by atoms with Crippen LogP contribution >= 0.6 is 0 Å². The van der Waals surface area contributed by atoms with Crippen molar-refractivity contribution >= 4 is 17.9 Å². The van der Waals surface area contributed by atoms with Crippen LogP contribution in [0.3, 0.4) is 0 Å². The maximum Gasteiger partial charge on any atom is 0.253 e. The first kappa shape index (κ1) is 19.9. The summed E-state index contributed by atoms with van der Waals surface area (Å²) in [6.45, 7) is 2.24. The maximum absolute atomic E-state index is 12.3. The van der Waals surface area contributed by atoms with E-state index in [1.165, 1.54) is 17.1 Å². The van der Waals surface area contributed by atoms with E-state index in [9.17, 15) is 9.59 Å². The van der Waals surface area contributed by atoms with Crippen molar-refractivity contribution in [1.29, 1.82) is 0 Å². The minimum atomic E-state index is -0.345. The fourth-order valence-corrected chi connectivity index (χ4v) is 3.26. The quantitative estimate of drug-likeness (QED) is 0.755. The summed E-state index contributed by atoms with van der Waals surface area (Å²) in [5, 5.41) is 3.31. The van der Waals surface area contributed by atoms with Crippen molar-refractivity contribution in [3.8, 4) is 17.2 Å². The van der Waals surface area contributed by atoms with Crippen LogP contribution in [0.2, 0.25) is 0 Å². The highest BCUT2D eigenvalue weighted by atomic mass is 16.5. The van der Waals surface area contributed by atoms with Crippen molar-refractivity contribution in [1.82, 2.24) is 10.2 Å². The van der Waals surface area contributed by atoms with Crippen LogP contribution in [0.1, 0.15) is 24.8 Å². The van der Waals surface area contributed by atoms with Crippen LogP contribution in [-0.4, -0.2) is 56.7 Å². The number of methoxy groups -OCH3 is 2. The summed E-state index contributed by atoms with van der Waals surface area (Å²) in [6.07, 6.45) is 8.84. The molecular weight excluding hydrogens is 360 g/mol. The normalized spacial score (nSPS) is 17.8. The number of imide groups is 1. The van der Waals surface area contributed by atoms with Gasteiger partial charge in [0.2, 0.25) is 5.75 Å². The Morgan fingerprint density at radius 2 is 1.86 bits per heavy atom. The number of hydrogen-bond acceptors (Lipinski definition) is 6. The van der Waals surface area contributed by atoms with E-state index in [0.29, 0.717) is 30.2 Å². The first-order chi connectivity index (χ1) is 13.6. The summed E-state index contributed by atoms with van der Waals surface area (Å²) < 4.78 is 17.1. The van der Waals surface area contributed by atoms with Gasteiger partial charge in [0.15, 0.2) is 11.5 Å². The number of piperidine rings is 1. The number of carbonyl (C=O) groups excluding carboxylic acids is 2. The van der Waals surface area contributed by atoms with Crippen LogP contribution in [0, 0.1) is 0 Å². The Kier molecular flexibility index (Phi) is 6.71. The molecule has 0 aromatic heterocycles. The van der Waals surface area contributed by atoms with E-state index in [2.05, 4.69) is 5.32 Å². The third-order valence-electron chi connectivity index (χ3n) is 4.78. The van der Waals surface area contributed by atoms with Gasteiger partial charge >= 0.3 is 0 Å². The van der Waals surface area contributed by atoms with Gasteiger partial charge in [0.25, 0.3) is 11.8 Å². The lowest BCUT2D eigenvalue weighted by Gasteiger charge is -2.25. The number of hydrogen-bond donors (Lipinski definition) is 1. The lowest BCUT2D eigenvalue weighted by molar-refractivity contribution is -0.139. The van der Waals surface area contributed by atoms with Gasteiger partial charge in [-0.25, -0.2) is 0 Å². The Balaban J connectivity index is 1.79. The van der Waals surface area contributed by atoms with Crippen LogP contribution in [-0.2, 0) is 9.59 Å². The molecule has 1 aromatic carbocycles. The molecule has 1 fully saturated rings. The molecule has 2 aliphatic rings. The molecule has 1 N–H and O–H groups in total. The van der Waals surface area contributed by atoms with Gasteiger partial charge in [-0.05, 0) is 62.2 Å². The van der Waals surface area contributed by atoms with E-state index in [0.717, 1.165) is 31.5 Å². The molecule has 3 rings (SSSR count). The Morgan fingerprint density at radius 3 is 2.46 bits per heavy atom. The van der Waals surface area contributed by atoms with Crippen LogP contribution < -0.4 is 19.5 Å². The molecule has 2 heterocycles. The van der Waals surface area contributed by atoms with Crippen LogP contribution in [0.15, 0.2) is 30.4 Å². The van der Waals surface area contributed by atoms with E-state index in [4.69, 9.17) is 14.2 Å². The number of nitrogens with zero attached hydrogens (tertiary/aromatic N) is 1.